The molecule has 0 saturated heterocycles. The van der Waals surface area contributed by atoms with Crippen LogP contribution in [0.25, 0.3) is 0 Å². The van der Waals surface area contributed by atoms with Crippen molar-refractivity contribution >= 4 is 17.5 Å². The summed E-state index contributed by atoms with van der Waals surface area (Å²) in [5, 5.41) is 3.55. The second kappa shape index (κ2) is 8.19. The third-order valence-electron chi connectivity index (χ3n) is 4.61. The van der Waals surface area contributed by atoms with E-state index in [2.05, 4.69) is 12.2 Å². The van der Waals surface area contributed by atoms with Crippen LogP contribution < -0.4 is 14.8 Å². The van der Waals surface area contributed by atoms with E-state index >= 15 is 0 Å². The minimum Gasteiger partial charge on any atom is -0.493 e. The number of halogens is 1. The molecule has 144 valence electrons. The van der Waals surface area contributed by atoms with Crippen LogP contribution in [-0.4, -0.2) is 38.9 Å². The van der Waals surface area contributed by atoms with Gasteiger partial charge in [0.2, 0.25) is 0 Å². The highest BCUT2D eigenvalue weighted by Crippen LogP contribution is 2.44. The van der Waals surface area contributed by atoms with Crippen molar-refractivity contribution in [3.63, 3.8) is 0 Å². The van der Waals surface area contributed by atoms with Crippen molar-refractivity contribution in [1.82, 2.24) is 5.32 Å². The number of hydrogen-bond donors (Lipinski definition) is 1. The number of carbonyl (C=O) groups excluding carboxylic acids is 1. The molecule has 1 aliphatic heterocycles. The summed E-state index contributed by atoms with van der Waals surface area (Å²) in [6.45, 7) is 3.00. The number of rotatable bonds is 7. The molecule has 6 heteroatoms. The van der Waals surface area contributed by atoms with Gasteiger partial charge in [0, 0.05) is 42.6 Å². The lowest BCUT2D eigenvalue weighted by Gasteiger charge is -2.24. The zero-order valence-corrected chi connectivity index (χ0v) is 16.6. The van der Waals surface area contributed by atoms with Gasteiger partial charge >= 0.3 is 0 Å². The van der Waals surface area contributed by atoms with E-state index in [9.17, 15) is 4.79 Å². The zero-order valence-electron chi connectivity index (χ0n) is 15.8. The van der Waals surface area contributed by atoms with Crippen molar-refractivity contribution in [3.8, 4) is 11.5 Å². The van der Waals surface area contributed by atoms with Gasteiger partial charge in [-0.3, -0.25) is 4.79 Å². The van der Waals surface area contributed by atoms with Gasteiger partial charge < -0.3 is 19.5 Å². The van der Waals surface area contributed by atoms with Gasteiger partial charge in [0.25, 0.3) is 5.91 Å². The first-order chi connectivity index (χ1) is 12.9. The topological polar surface area (TPSA) is 56.8 Å². The number of carbonyl (C=O) groups is 1. The lowest BCUT2D eigenvalue weighted by Crippen LogP contribution is -2.32. The van der Waals surface area contributed by atoms with Gasteiger partial charge in [-0.05, 0) is 36.8 Å². The van der Waals surface area contributed by atoms with Crippen LogP contribution in [0.1, 0.15) is 28.4 Å². The van der Waals surface area contributed by atoms with Crippen LogP contribution in [0.5, 0.6) is 11.5 Å². The van der Waals surface area contributed by atoms with Gasteiger partial charge in [0.15, 0.2) is 11.5 Å². The average molecular weight is 390 g/mol. The van der Waals surface area contributed by atoms with Crippen molar-refractivity contribution < 1.29 is 19.0 Å². The Balaban J connectivity index is 1.80. The molecule has 3 rings (SSSR count). The maximum atomic E-state index is 12.4. The molecule has 1 aliphatic rings. The lowest BCUT2D eigenvalue weighted by atomic mass is 9.91. The molecule has 5 nitrogen and oxygen atoms in total. The molecule has 0 radical (unpaired) electrons. The molecule has 0 aromatic heterocycles. The number of methoxy groups -OCH3 is 2. The Morgan fingerprint density at radius 1 is 1.26 bits per heavy atom. The Morgan fingerprint density at radius 2 is 2.00 bits per heavy atom. The standard InChI is InChI=1S/C21H24ClNO4/c1-21(12-14-4-6-17(22)7-5-14)13-16-10-15(20(24)23-8-9-25-2)11-18(26-3)19(16)27-21/h4-7,10-11H,8-9,12-13H2,1-3H3,(H,23,24)/t21-/m1/s1. The van der Waals surface area contributed by atoms with Crippen molar-refractivity contribution in [2.75, 3.05) is 27.4 Å². The van der Waals surface area contributed by atoms with Gasteiger partial charge in [-0.15, -0.1) is 0 Å². The van der Waals surface area contributed by atoms with Crippen LogP contribution >= 0.6 is 11.6 Å². The number of benzene rings is 2. The molecular formula is C21H24ClNO4. The van der Waals surface area contributed by atoms with Crippen LogP contribution in [0.15, 0.2) is 36.4 Å². The van der Waals surface area contributed by atoms with Crippen LogP contribution in [0.2, 0.25) is 5.02 Å². The van der Waals surface area contributed by atoms with Crippen LogP contribution in [0.3, 0.4) is 0 Å². The molecule has 0 spiro atoms. The van der Waals surface area contributed by atoms with E-state index in [4.69, 9.17) is 25.8 Å². The fourth-order valence-electron chi connectivity index (χ4n) is 3.38. The molecule has 0 aliphatic carbocycles. The van der Waals surface area contributed by atoms with Gasteiger partial charge in [-0.1, -0.05) is 23.7 Å². The lowest BCUT2D eigenvalue weighted by molar-refractivity contribution is 0.0936. The minimum absolute atomic E-state index is 0.153. The summed E-state index contributed by atoms with van der Waals surface area (Å²) in [6, 6.07) is 11.4. The predicted octanol–water partition coefficient (Wildman–Crippen LogP) is 3.66. The first-order valence-electron chi connectivity index (χ1n) is 8.85. The van der Waals surface area contributed by atoms with Gasteiger partial charge in [-0.2, -0.15) is 0 Å². The molecule has 1 N–H and O–H groups in total. The molecule has 0 bridgehead atoms. The Labute approximate surface area is 164 Å². The van der Waals surface area contributed by atoms with E-state index < -0.39 is 5.60 Å². The van der Waals surface area contributed by atoms with Crippen LogP contribution in [0, 0.1) is 0 Å². The summed E-state index contributed by atoms with van der Waals surface area (Å²) in [5.74, 6) is 1.13. The van der Waals surface area contributed by atoms with E-state index in [0.717, 1.165) is 17.5 Å². The SMILES string of the molecule is COCCNC(=O)c1cc2c(c(OC)c1)O[C@](C)(Cc1ccc(Cl)cc1)C2. The second-order valence-electron chi connectivity index (χ2n) is 6.95. The van der Waals surface area contributed by atoms with Crippen molar-refractivity contribution in [3.05, 3.63) is 58.1 Å². The second-order valence-corrected chi connectivity index (χ2v) is 7.38. The molecule has 1 heterocycles. The largest absolute Gasteiger partial charge is 0.493 e. The highest BCUT2D eigenvalue weighted by molar-refractivity contribution is 6.30. The molecule has 1 amide bonds. The smallest absolute Gasteiger partial charge is 0.251 e. The van der Waals surface area contributed by atoms with Crippen molar-refractivity contribution in [2.24, 2.45) is 0 Å². The molecule has 27 heavy (non-hydrogen) atoms. The summed E-state index contributed by atoms with van der Waals surface area (Å²) in [7, 11) is 3.18. The Hall–Kier alpha value is -2.24. The number of hydrogen-bond acceptors (Lipinski definition) is 4. The fourth-order valence-corrected chi connectivity index (χ4v) is 3.50. The fraction of sp³-hybridized carbons (Fsp3) is 0.381. The van der Waals surface area contributed by atoms with Gasteiger partial charge in [-0.25, -0.2) is 0 Å². The van der Waals surface area contributed by atoms with E-state index in [1.54, 1.807) is 20.3 Å². The summed E-state index contributed by atoms with van der Waals surface area (Å²) in [5.41, 5.74) is 2.27. The monoisotopic (exact) mass is 389 g/mol. The zero-order chi connectivity index (χ0) is 19.4. The molecule has 0 fully saturated rings. The molecular weight excluding hydrogens is 366 g/mol. The normalized spacial score (nSPS) is 17.9. The Bertz CT molecular complexity index is 822. The first kappa shape index (κ1) is 19.5. The average Bonchev–Trinajstić information content (AvgIpc) is 2.98. The minimum atomic E-state index is -0.408. The van der Waals surface area contributed by atoms with E-state index in [0.29, 0.717) is 41.7 Å². The molecule has 2 aromatic carbocycles. The summed E-state index contributed by atoms with van der Waals surface area (Å²) in [4.78, 5) is 12.4. The molecule has 1 atom stereocenters. The summed E-state index contributed by atoms with van der Waals surface area (Å²) in [6.07, 6.45) is 1.43. The third-order valence-corrected chi connectivity index (χ3v) is 4.86. The summed E-state index contributed by atoms with van der Waals surface area (Å²) >= 11 is 5.97. The Morgan fingerprint density at radius 3 is 2.67 bits per heavy atom. The van der Waals surface area contributed by atoms with E-state index in [1.807, 2.05) is 30.3 Å². The maximum Gasteiger partial charge on any atom is 0.251 e. The molecule has 0 unspecified atom stereocenters. The number of fused-ring (bicyclic) bond motifs is 1. The van der Waals surface area contributed by atoms with Crippen LogP contribution in [-0.2, 0) is 17.6 Å². The highest BCUT2D eigenvalue weighted by Gasteiger charge is 2.37. The summed E-state index contributed by atoms with van der Waals surface area (Å²) < 4.78 is 16.7. The quantitative estimate of drug-likeness (QED) is 0.734. The van der Waals surface area contributed by atoms with Crippen molar-refractivity contribution in [2.45, 2.75) is 25.4 Å². The van der Waals surface area contributed by atoms with Crippen LogP contribution in [0.4, 0.5) is 0 Å². The highest BCUT2D eigenvalue weighted by atomic mass is 35.5. The Kier molecular flexibility index (Phi) is 5.92. The van der Waals surface area contributed by atoms with Gasteiger partial charge in [0.05, 0.1) is 13.7 Å². The first-order valence-corrected chi connectivity index (χ1v) is 9.23. The van der Waals surface area contributed by atoms with Gasteiger partial charge in [0.1, 0.15) is 5.60 Å². The number of ether oxygens (including phenoxy) is 3. The third kappa shape index (κ3) is 4.54. The predicted molar refractivity (Wildman–Crippen MR) is 105 cm³/mol. The van der Waals surface area contributed by atoms with Crippen molar-refractivity contribution in [1.29, 1.82) is 0 Å². The molecule has 2 aromatic rings. The number of nitrogens with one attached hydrogen (secondary N) is 1. The number of amides is 1. The van der Waals surface area contributed by atoms with E-state index in [1.165, 1.54) is 0 Å². The molecule has 0 saturated carbocycles. The maximum absolute atomic E-state index is 12.4. The van der Waals surface area contributed by atoms with E-state index in [-0.39, 0.29) is 5.91 Å².